The summed E-state index contributed by atoms with van der Waals surface area (Å²) in [6.45, 7) is 1.91. The fourth-order valence-electron chi connectivity index (χ4n) is 2.01. The Balaban J connectivity index is 2.04. The SMILES string of the molecule is Cc1noc(-c2ccc3c(c2)OCO3)c1CC(=O)O. The Hall–Kier alpha value is -2.50. The number of aryl methyl sites for hydroxylation is 1. The van der Waals surface area contributed by atoms with Crippen molar-refractivity contribution in [2.75, 3.05) is 6.79 Å². The molecule has 0 radical (unpaired) electrons. The van der Waals surface area contributed by atoms with E-state index in [1.165, 1.54) is 0 Å². The molecule has 0 spiro atoms. The van der Waals surface area contributed by atoms with Gasteiger partial charge in [0.2, 0.25) is 6.79 Å². The summed E-state index contributed by atoms with van der Waals surface area (Å²) >= 11 is 0. The van der Waals surface area contributed by atoms with Crippen LogP contribution >= 0.6 is 0 Å². The number of carbonyl (C=O) groups is 1. The zero-order valence-corrected chi connectivity index (χ0v) is 10.2. The van der Waals surface area contributed by atoms with Gasteiger partial charge in [0.1, 0.15) is 0 Å². The minimum absolute atomic E-state index is 0.126. The van der Waals surface area contributed by atoms with Crippen LogP contribution in [0.5, 0.6) is 11.5 Å². The van der Waals surface area contributed by atoms with E-state index in [0.29, 0.717) is 28.5 Å². The lowest BCUT2D eigenvalue weighted by molar-refractivity contribution is -0.136. The van der Waals surface area contributed by atoms with Gasteiger partial charge in [-0.1, -0.05) is 5.16 Å². The second kappa shape index (κ2) is 4.31. The number of hydrogen-bond acceptors (Lipinski definition) is 5. The molecule has 0 bridgehead atoms. The van der Waals surface area contributed by atoms with Crippen LogP contribution < -0.4 is 9.47 Å². The summed E-state index contributed by atoms with van der Waals surface area (Å²) in [7, 11) is 0. The number of ether oxygens (including phenoxy) is 2. The van der Waals surface area contributed by atoms with E-state index >= 15 is 0 Å². The molecule has 1 aliphatic heterocycles. The molecule has 98 valence electrons. The fraction of sp³-hybridized carbons (Fsp3) is 0.231. The van der Waals surface area contributed by atoms with Crippen molar-refractivity contribution in [1.82, 2.24) is 5.16 Å². The summed E-state index contributed by atoms with van der Waals surface area (Å²) in [5, 5.41) is 12.8. The monoisotopic (exact) mass is 261 g/mol. The average Bonchev–Trinajstić information content (AvgIpc) is 2.96. The molecule has 1 aromatic heterocycles. The van der Waals surface area contributed by atoms with E-state index in [1.807, 2.05) is 0 Å². The molecular weight excluding hydrogens is 250 g/mol. The highest BCUT2D eigenvalue weighted by Gasteiger charge is 2.20. The summed E-state index contributed by atoms with van der Waals surface area (Å²) in [6.07, 6.45) is -0.126. The number of rotatable bonds is 3. The van der Waals surface area contributed by atoms with E-state index in [-0.39, 0.29) is 13.2 Å². The van der Waals surface area contributed by atoms with E-state index in [0.717, 1.165) is 5.56 Å². The summed E-state index contributed by atoms with van der Waals surface area (Å²) in [4.78, 5) is 10.9. The van der Waals surface area contributed by atoms with Crippen LogP contribution in [0.3, 0.4) is 0 Å². The molecule has 1 aromatic carbocycles. The third-order valence-corrected chi connectivity index (χ3v) is 2.95. The van der Waals surface area contributed by atoms with Crippen molar-refractivity contribution in [2.45, 2.75) is 13.3 Å². The Morgan fingerprint density at radius 2 is 2.16 bits per heavy atom. The van der Waals surface area contributed by atoms with Crippen LogP contribution in [0.25, 0.3) is 11.3 Å². The van der Waals surface area contributed by atoms with Gasteiger partial charge in [-0.05, 0) is 25.1 Å². The van der Waals surface area contributed by atoms with E-state index < -0.39 is 5.97 Å². The molecule has 0 saturated carbocycles. The number of aromatic nitrogens is 1. The zero-order valence-electron chi connectivity index (χ0n) is 10.2. The van der Waals surface area contributed by atoms with Gasteiger partial charge in [0.15, 0.2) is 17.3 Å². The van der Waals surface area contributed by atoms with Gasteiger partial charge in [-0.2, -0.15) is 0 Å². The van der Waals surface area contributed by atoms with Crippen molar-refractivity contribution < 1.29 is 23.9 Å². The molecule has 6 heteroatoms. The third kappa shape index (κ3) is 2.01. The van der Waals surface area contributed by atoms with Crippen molar-refractivity contribution in [2.24, 2.45) is 0 Å². The van der Waals surface area contributed by atoms with Crippen molar-refractivity contribution in [1.29, 1.82) is 0 Å². The molecule has 2 heterocycles. The number of carboxylic acid groups (broad SMARTS) is 1. The lowest BCUT2D eigenvalue weighted by atomic mass is 10.0. The Labute approximate surface area is 108 Å². The van der Waals surface area contributed by atoms with Crippen molar-refractivity contribution in [3.8, 4) is 22.8 Å². The lowest BCUT2D eigenvalue weighted by Crippen LogP contribution is -2.01. The predicted molar refractivity (Wildman–Crippen MR) is 64.1 cm³/mol. The molecule has 0 amide bonds. The smallest absolute Gasteiger partial charge is 0.308 e. The van der Waals surface area contributed by atoms with Gasteiger partial charge < -0.3 is 19.1 Å². The maximum atomic E-state index is 10.9. The van der Waals surface area contributed by atoms with Crippen LogP contribution in [0, 0.1) is 6.92 Å². The summed E-state index contributed by atoms with van der Waals surface area (Å²) in [5.41, 5.74) is 1.88. The van der Waals surface area contributed by atoms with Crippen molar-refractivity contribution >= 4 is 5.97 Å². The molecule has 19 heavy (non-hydrogen) atoms. The Morgan fingerprint density at radius 1 is 1.37 bits per heavy atom. The van der Waals surface area contributed by atoms with Crippen LogP contribution in [0.15, 0.2) is 22.7 Å². The Morgan fingerprint density at radius 3 is 2.95 bits per heavy atom. The number of carboxylic acids is 1. The number of benzene rings is 1. The van der Waals surface area contributed by atoms with Gasteiger partial charge in [0.05, 0.1) is 12.1 Å². The normalized spacial score (nSPS) is 12.7. The minimum atomic E-state index is -0.923. The molecule has 0 saturated heterocycles. The highest BCUT2D eigenvalue weighted by Crippen LogP contribution is 2.37. The van der Waals surface area contributed by atoms with Crippen LogP contribution in [0.1, 0.15) is 11.3 Å². The van der Waals surface area contributed by atoms with E-state index in [4.69, 9.17) is 19.1 Å². The largest absolute Gasteiger partial charge is 0.481 e. The topological polar surface area (TPSA) is 81.8 Å². The number of fused-ring (bicyclic) bond motifs is 1. The maximum absolute atomic E-state index is 10.9. The first kappa shape index (κ1) is 11.6. The van der Waals surface area contributed by atoms with E-state index in [2.05, 4.69) is 5.16 Å². The zero-order chi connectivity index (χ0) is 13.4. The second-order valence-corrected chi connectivity index (χ2v) is 4.21. The summed E-state index contributed by atoms with van der Waals surface area (Å²) in [6, 6.07) is 5.31. The standard InChI is InChI=1S/C13H11NO5/c1-7-9(5-12(15)16)13(19-14-7)8-2-3-10-11(4-8)18-6-17-10/h2-4H,5-6H2,1H3,(H,15,16). The molecule has 0 atom stereocenters. The first-order valence-corrected chi connectivity index (χ1v) is 5.72. The number of hydrogen-bond donors (Lipinski definition) is 1. The highest BCUT2D eigenvalue weighted by atomic mass is 16.7. The quantitative estimate of drug-likeness (QED) is 0.910. The van der Waals surface area contributed by atoms with Crippen molar-refractivity contribution in [3.05, 3.63) is 29.5 Å². The van der Waals surface area contributed by atoms with Gasteiger partial charge in [-0.25, -0.2) is 0 Å². The van der Waals surface area contributed by atoms with Crippen molar-refractivity contribution in [3.63, 3.8) is 0 Å². The number of nitrogens with zero attached hydrogens (tertiary/aromatic N) is 1. The fourth-order valence-corrected chi connectivity index (χ4v) is 2.01. The van der Waals surface area contributed by atoms with Gasteiger partial charge in [-0.3, -0.25) is 4.79 Å². The van der Waals surface area contributed by atoms with E-state index in [9.17, 15) is 4.79 Å². The molecule has 6 nitrogen and oxygen atoms in total. The van der Waals surface area contributed by atoms with Gasteiger partial charge in [0, 0.05) is 11.1 Å². The van der Waals surface area contributed by atoms with Crippen LogP contribution in [0.4, 0.5) is 0 Å². The first-order valence-electron chi connectivity index (χ1n) is 5.72. The maximum Gasteiger partial charge on any atom is 0.308 e. The molecule has 0 fully saturated rings. The molecule has 0 aliphatic carbocycles. The summed E-state index contributed by atoms with van der Waals surface area (Å²) < 4.78 is 15.7. The van der Waals surface area contributed by atoms with Gasteiger partial charge >= 0.3 is 5.97 Å². The first-order chi connectivity index (χ1) is 9.15. The average molecular weight is 261 g/mol. The van der Waals surface area contributed by atoms with Crippen LogP contribution in [0.2, 0.25) is 0 Å². The Kier molecular flexibility index (Phi) is 2.63. The second-order valence-electron chi connectivity index (χ2n) is 4.21. The molecular formula is C13H11NO5. The van der Waals surface area contributed by atoms with Crippen LogP contribution in [-0.2, 0) is 11.2 Å². The lowest BCUT2D eigenvalue weighted by Gasteiger charge is -2.02. The van der Waals surface area contributed by atoms with Crippen LogP contribution in [-0.4, -0.2) is 23.0 Å². The Bertz CT molecular complexity index is 646. The third-order valence-electron chi connectivity index (χ3n) is 2.95. The predicted octanol–water partition coefficient (Wildman–Crippen LogP) is 2.01. The molecule has 2 aromatic rings. The van der Waals surface area contributed by atoms with E-state index in [1.54, 1.807) is 25.1 Å². The molecule has 1 N–H and O–H groups in total. The molecule has 1 aliphatic rings. The van der Waals surface area contributed by atoms with Gasteiger partial charge in [-0.15, -0.1) is 0 Å². The highest BCUT2D eigenvalue weighted by molar-refractivity contribution is 5.75. The van der Waals surface area contributed by atoms with Gasteiger partial charge in [0.25, 0.3) is 0 Å². The number of aliphatic carboxylic acids is 1. The molecule has 3 rings (SSSR count). The molecule has 0 unspecified atom stereocenters. The summed E-state index contributed by atoms with van der Waals surface area (Å²) in [5.74, 6) is 0.819. The minimum Gasteiger partial charge on any atom is -0.481 e.